The number of benzene rings is 1. The molecule has 1 aliphatic rings. The Morgan fingerprint density at radius 3 is 2.88 bits per heavy atom. The fourth-order valence-corrected chi connectivity index (χ4v) is 4.65. The Kier molecular flexibility index (Phi) is 4.04. The Hall–Kier alpha value is -3.00. The van der Waals surface area contributed by atoms with E-state index in [0.717, 1.165) is 29.7 Å². The van der Waals surface area contributed by atoms with Crippen LogP contribution in [-0.2, 0) is 24.2 Å². The van der Waals surface area contributed by atoms with Gasteiger partial charge in [0.2, 0.25) is 5.91 Å². The molecule has 26 heavy (non-hydrogen) atoms. The first-order chi connectivity index (χ1) is 12.5. The van der Waals surface area contributed by atoms with E-state index in [0.29, 0.717) is 21.6 Å². The number of aryl methyl sites for hydroxylation is 1. The number of hydrogen-bond donors (Lipinski definition) is 2. The van der Waals surface area contributed by atoms with Gasteiger partial charge in [0, 0.05) is 4.88 Å². The summed E-state index contributed by atoms with van der Waals surface area (Å²) in [6.07, 6.45) is 3.89. The van der Waals surface area contributed by atoms with Crippen molar-refractivity contribution in [2.75, 3.05) is 5.32 Å². The molecule has 2 amide bonds. The normalized spacial score (nSPS) is 12.9. The number of nitrogens with two attached hydrogens (primary N) is 1. The van der Waals surface area contributed by atoms with Crippen LogP contribution in [0.25, 0.3) is 11.0 Å². The molecule has 0 spiro atoms. The third kappa shape index (κ3) is 2.78. The lowest BCUT2D eigenvalue weighted by atomic mass is 10.1. The Balaban J connectivity index is 1.64. The topological polar surface area (TPSA) is 107 Å². The van der Waals surface area contributed by atoms with Crippen molar-refractivity contribution < 1.29 is 9.59 Å². The van der Waals surface area contributed by atoms with E-state index < -0.39 is 5.91 Å². The van der Waals surface area contributed by atoms with E-state index in [1.165, 1.54) is 22.1 Å². The minimum absolute atomic E-state index is 0.164. The van der Waals surface area contributed by atoms with Gasteiger partial charge in [0.1, 0.15) is 11.5 Å². The molecule has 4 rings (SSSR count). The van der Waals surface area contributed by atoms with Crippen LogP contribution in [0, 0.1) is 0 Å². The van der Waals surface area contributed by atoms with Gasteiger partial charge in [-0.2, -0.15) is 0 Å². The lowest BCUT2D eigenvalue weighted by Crippen LogP contribution is -2.28. The molecule has 0 saturated heterocycles. The summed E-state index contributed by atoms with van der Waals surface area (Å²) in [6, 6.07) is 7.12. The molecule has 0 unspecified atom stereocenters. The van der Waals surface area contributed by atoms with E-state index in [4.69, 9.17) is 5.73 Å². The molecule has 0 atom stereocenters. The molecule has 1 aromatic carbocycles. The Morgan fingerprint density at radius 2 is 2.08 bits per heavy atom. The molecule has 132 valence electrons. The zero-order chi connectivity index (χ0) is 18.3. The lowest BCUT2D eigenvalue weighted by Gasteiger charge is -2.10. The number of rotatable bonds is 4. The Bertz CT molecular complexity index is 1100. The maximum absolute atomic E-state index is 12.5. The van der Waals surface area contributed by atoms with Crippen LogP contribution in [-0.4, -0.2) is 21.4 Å². The number of carbonyl (C=O) groups excluding carboxylic acids is 2. The monoisotopic (exact) mass is 368 g/mol. The van der Waals surface area contributed by atoms with E-state index in [1.807, 2.05) is 6.07 Å². The largest absolute Gasteiger partial charge is 0.365 e. The van der Waals surface area contributed by atoms with Crippen LogP contribution in [0.1, 0.15) is 27.2 Å². The fourth-order valence-electron chi connectivity index (χ4n) is 3.34. The maximum Gasteiger partial charge on any atom is 0.269 e. The van der Waals surface area contributed by atoms with Gasteiger partial charge in [0.15, 0.2) is 0 Å². The number of para-hydroxylation sites is 2. The minimum Gasteiger partial charge on any atom is -0.365 e. The predicted molar refractivity (Wildman–Crippen MR) is 99.5 cm³/mol. The summed E-state index contributed by atoms with van der Waals surface area (Å²) in [4.78, 5) is 41.7. The highest BCUT2D eigenvalue weighted by Gasteiger charge is 2.26. The number of thiophene rings is 1. The SMILES string of the molecule is NC(=O)c1c(NC(=O)Cn2c(=O)cnc3ccccc32)sc2c1CCC2. The molecular weight excluding hydrogens is 352 g/mol. The average Bonchev–Trinajstić information content (AvgIpc) is 3.17. The van der Waals surface area contributed by atoms with Crippen molar-refractivity contribution in [1.82, 2.24) is 9.55 Å². The number of aromatic nitrogens is 2. The first-order valence-electron chi connectivity index (χ1n) is 8.23. The summed E-state index contributed by atoms with van der Waals surface area (Å²) in [5, 5.41) is 3.23. The summed E-state index contributed by atoms with van der Waals surface area (Å²) < 4.78 is 1.36. The minimum atomic E-state index is -0.536. The van der Waals surface area contributed by atoms with E-state index in [1.54, 1.807) is 18.2 Å². The summed E-state index contributed by atoms with van der Waals surface area (Å²) in [7, 11) is 0. The number of amides is 2. The zero-order valence-corrected chi connectivity index (χ0v) is 14.6. The lowest BCUT2D eigenvalue weighted by molar-refractivity contribution is -0.116. The van der Waals surface area contributed by atoms with Crippen molar-refractivity contribution in [3.05, 3.63) is 56.8 Å². The third-order valence-electron chi connectivity index (χ3n) is 4.48. The Labute approximate surface area is 152 Å². The first kappa shape index (κ1) is 16.5. The number of nitrogens with zero attached hydrogens (tertiary/aromatic N) is 2. The molecule has 8 heteroatoms. The van der Waals surface area contributed by atoms with E-state index in [-0.39, 0.29) is 18.0 Å². The molecule has 2 heterocycles. The van der Waals surface area contributed by atoms with Crippen LogP contribution in [0.2, 0.25) is 0 Å². The zero-order valence-electron chi connectivity index (χ0n) is 13.8. The molecule has 0 saturated carbocycles. The van der Waals surface area contributed by atoms with Crippen molar-refractivity contribution in [2.45, 2.75) is 25.8 Å². The van der Waals surface area contributed by atoms with Gasteiger partial charge in [0.05, 0.1) is 22.8 Å². The first-order valence-corrected chi connectivity index (χ1v) is 9.05. The second-order valence-corrected chi connectivity index (χ2v) is 7.25. The van der Waals surface area contributed by atoms with Crippen LogP contribution in [0.3, 0.4) is 0 Å². The number of nitrogens with one attached hydrogen (secondary N) is 1. The molecule has 1 aliphatic carbocycles. The number of carbonyl (C=O) groups is 2. The smallest absolute Gasteiger partial charge is 0.269 e. The molecule has 0 fully saturated rings. The molecule has 2 aromatic heterocycles. The van der Waals surface area contributed by atoms with Gasteiger partial charge in [0.25, 0.3) is 11.5 Å². The summed E-state index contributed by atoms with van der Waals surface area (Å²) in [6.45, 7) is -0.164. The van der Waals surface area contributed by atoms with Crippen LogP contribution in [0.4, 0.5) is 5.00 Å². The highest BCUT2D eigenvalue weighted by atomic mass is 32.1. The van der Waals surface area contributed by atoms with Gasteiger partial charge in [-0.1, -0.05) is 12.1 Å². The van der Waals surface area contributed by atoms with Gasteiger partial charge >= 0.3 is 0 Å². The highest BCUT2D eigenvalue weighted by molar-refractivity contribution is 7.17. The maximum atomic E-state index is 12.5. The molecule has 0 aliphatic heterocycles. The fraction of sp³-hybridized carbons (Fsp3) is 0.222. The van der Waals surface area contributed by atoms with Crippen molar-refractivity contribution in [3.63, 3.8) is 0 Å². The molecule has 0 bridgehead atoms. The summed E-state index contributed by atoms with van der Waals surface area (Å²) >= 11 is 1.39. The molecular formula is C18H16N4O3S. The molecule has 0 radical (unpaired) electrons. The Morgan fingerprint density at radius 1 is 1.27 bits per heavy atom. The van der Waals surface area contributed by atoms with Crippen LogP contribution >= 0.6 is 11.3 Å². The number of fused-ring (bicyclic) bond motifs is 2. The highest BCUT2D eigenvalue weighted by Crippen LogP contribution is 2.38. The van der Waals surface area contributed by atoms with Crippen LogP contribution in [0.5, 0.6) is 0 Å². The van der Waals surface area contributed by atoms with E-state index >= 15 is 0 Å². The quantitative estimate of drug-likeness (QED) is 0.730. The van der Waals surface area contributed by atoms with Gasteiger partial charge in [-0.15, -0.1) is 11.3 Å². The number of primary amides is 1. The summed E-state index contributed by atoms with van der Waals surface area (Å²) in [5.41, 5.74) is 7.72. The van der Waals surface area contributed by atoms with Crippen molar-refractivity contribution in [2.24, 2.45) is 5.73 Å². The third-order valence-corrected chi connectivity index (χ3v) is 5.68. The number of anilines is 1. The van der Waals surface area contributed by atoms with E-state index in [9.17, 15) is 14.4 Å². The van der Waals surface area contributed by atoms with Crippen LogP contribution in [0.15, 0.2) is 35.3 Å². The van der Waals surface area contributed by atoms with Gasteiger partial charge in [-0.3, -0.25) is 19.0 Å². The molecule has 3 N–H and O–H groups in total. The summed E-state index contributed by atoms with van der Waals surface area (Å²) in [5.74, 6) is -0.919. The standard InChI is InChI=1S/C18H16N4O3S/c19-17(25)16-10-4-3-7-13(10)26-18(16)21-14(23)9-22-12-6-2-1-5-11(12)20-8-15(22)24/h1-2,5-6,8H,3-4,7,9H2,(H2,19,25)(H,21,23). The van der Waals surface area contributed by atoms with Gasteiger partial charge in [-0.05, 0) is 37.0 Å². The second-order valence-electron chi connectivity index (χ2n) is 6.15. The van der Waals surface area contributed by atoms with Crippen LogP contribution < -0.4 is 16.6 Å². The average molecular weight is 368 g/mol. The molecule has 3 aromatic rings. The van der Waals surface area contributed by atoms with Gasteiger partial charge in [-0.25, -0.2) is 4.98 Å². The van der Waals surface area contributed by atoms with Crippen molar-refractivity contribution in [1.29, 1.82) is 0 Å². The van der Waals surface area contributed by atoms with Crippen molar-refractivity contribution >= 4 is 39.2 Å². The van der Waals surface area contributed by atoms with E-state index in [2.05, 4.69) is 10.3 Å². The second kappa shape index (κ2) is 6.38. The number of hydrogen-bond acceptors (Lipinski definition) is 5. The predicted octanol–water partition coefficient (Wildman–Crippen LogP) is 1.68. The van der Waals surface area contributed by atoms with Crippen molar-refractivity contribution in [3.8, 4) is 0 Å². The van der Waals surface area contributed by atoms with Gasteiger partial charge < -0.3 is 11.1 Å². The molecule has 7 nitrogen and oxygen atoms in total.